The van der Waals surface area contributed by atoms with Gasteiger partial charge >= 0.3 is 0 Å². The number of aromatic nitrogens is 3. The van der Waals surface area contributed by atoms with Crippen molar-refractivity contribution in [2.45, 2.75) is 5.41 Å². The SMILES string of the molecule is N#Cc1ccc(-c2ccc3c(c2)C2(c4ccccc4-c4ccccc42)c2cccc4c(-c5ccc(-c6nc(-c7ccccc7)nc(-c7ccccc7)n6)cc5)ccc-3c24)cc1. The summed E-state index contributed by atoms with van der Waals surface area (Å²) in [7, 11) is 0. The highest BCUT2D eigenvalue weighted by molar-refractivity contribution is 6.12. The molecule has 1 aromatic heterocycles. The lowest BCUT2D eigenvalue weighted by molar-refractivity contribution is 0.774. The van der Waals surface area contributed by atoms with Gasteiger partial charge in [-0.1, -0.05) is 188 Å². The Morgan fingerprint density at radius 1 is 0.328 bits per heavy atom. The number of fused-ring (bicyclic) bond motifs is 9. The first-order valence-electron chi connectivity index (χ1n) is 20.6. The Morgan fingerprint density at radius 2 is 0.787 bits per heavy atom. The molecule has 9 aromatic carbocycles. The Hall–Kier alpha value is -8.26. The smallest absolute Gasteiger partial charge is 0.164 e. The third-order valence-corrected chi connectivity index (χ3v) is 12.6. The van der Waals surface area contributed by atoms with Crippen LogP contribution in [-0.4, -0.2) is 15.0 Å². The summed E-state index contributed by atoms with van der Waals surface area (Å²) in [5.74, 6) is 1.92. The fourth-order valence-corrected chi connectivity index (χ4v) is 9.90. The average Bonchev–Trinajstić information content (AvgIpc) is 3.64. The normalized spacial score (nSPS) is 12.7. The van der Waals surface area contributed by atoms with Crippen LogP contribution in [0.3, 0.4) is 0 Å². The van der Waals surface area contributed by atoms with Gasteiger partial charge in [0.05, 0.1) is 17.0 Å². The maximum atomic E-state index is 9.53. The molecule has 0 N–H and O–H groups in total. The van der Waals surface area contributed by atoms with Gasteiger partial charge in [0.25, 0.3) is 0 Å². The molecule has 2 aliphatic rings. The minimum absolute atomic E-state index is 0.550. The Bertz CT molecular complexity index is 3300. The predicted octanol–water partition coefficient (Wildman–Crippen LogP) is 13.6. The number of benzene rings is 9. The van der Waals surface area contributed by atoms with Crippen molar-refractivity contribution in [1.29, 1.82) is 5.26 Å². The summed E-state index contributed by atoms with van der Waals surface area (Å²) in [6, 6.07) is 75.4. The second-order valence-corrected chi connectivity index (χ2v) is 15.8. The van der Waals surface area contributed by atoms with Crippen LogP contribution in [0.4, 0.5) is 0 Å². The number of nitriles is 1. The van der Waals surface area contributed by atoms with Crippen LogP contribution >= 0.6 is 0 Å². The molecule has 0 bridgehead atoms. The molecule has 10 aromatic rings. The highest BCUT2D eigenvalue weighted by Gasteiger charge is 2.50. The summed E-state index contributed by atoms with van der Waals surface area (Å²) in [6.07, 6.45) is 0. The van der Waals surface area contributed by atoms with E-state index in [2.05, 4.69) is 140 Å². The number of nitrogens with zero attached hydrogens (tertiary/aromatic N) is 4. The monoisotopic (exact) mass is 774 g/mol. The van der Waals surface area contributed by atoms with E-state index in [1.807, 2.05) is 72.8 Å². The fraction of sp³-hybridized carbons (Fsp3) is 0.0175. The van der Waals surface area contributed by atoms with Gasteiger partial charge < -0.3 is 0 Å². The van der Waals surface area contributed by atoms with Gasteiger partial charge in [-0.05, 0) is 95.7 Å². The number of rotatable bonds is 5. The van der Waals surface area contributed by atoms with Gasteiger partial charge in [0.1, 0.15) is 0 Å². The van der Waals surface area contributed by atoms with E-state index in [0.717, 1.165) is 33.4 Å². The molecule has 0 unspecified atom stereocenters. The average molecular weight is 775 g/mol. The van der Waals surface area contributed by atoms with Gasteiger partial charge in [0.15, 0.2) is 17.5 Å². The number of hydrogen-bond donors (Lipinski definition) is 0. The van der Waals surface area contributed by atoms with Crippen molar-refractivity contribution in [2.24, 2.45) is 0 Å². The molecule has 4 heteroatoms. The van der Waals surface area contributed by atoms with Gasteiger partial charge in [-0.15, -0.1) is 0 Å². The van der Waals surface area contributed by atoms with Gasteiger partial charge in [-0.25, -0.2) is 15.0 Å². The van der Waals surface area contributed by atoms with Crippen molar-refractivity contribution in [3.05, 3.63) is 234 Å². The molecule has 61 heavy (non-hydrogen) atoms. The highest BCUT2D eigenvalue weighted by atomic mass is 15.0. The lowest BCUT2D eigenvalue weighted by Gasteiger charge is -2.40. The van der Waals surface area contributed by atoms with Crippen LogP contribution in [0, 0.1) is 11.3 Å². The second-order valence-electron chi connectivity index (χ2n) is 15.8. The molecule has 2 aliphatic carbocycles. The molecule has 0 atom stereocenters. The van der Waals surface area contributed by atoms with E-state index >= 15 is 0 Å². The Morgan fingerprint density at radius 3 is 1.39 bits per heavy atom. The molecule has 1 spiro atoms. The zero-order valence-corrected chi connectivity index (χ0v) is 32.9. The molecule has 4 nitrogen and oxygen atoms in total. The molecule has 1 heterocycles. The summed E-state index contributed by atoms with van der Waals surface area (Å²) in [4.78, 5) is 14.9. The van der Waals surface area contributed by atoms with Gasteiger partial charge in [0.2, 0.25) is 0 Å². The highest BCUT2D eigenvalue weighted by Crippen LogP contribution is 2.62. The summed E-state index contributed by atoms with van der Waals surface area (Å²) >= 11 is 0. The first-order chi connectivity index (χ1) is 30.2. The van der Waals surface area contributed by atoms with Crippen molar-refractivity contribution in [1.82, 2.24) is 15.0 Å². The van der Waals surface area contributed by atoms with E-state index in [-0.39, 0.29) is 0 Å². The van der Waals surface area contributed by atoms with Crippen LogP contribution in [0.15, 0.2) is 206 Å². The Labute approximate surface area is 353 Å². The molecular formula is C57H34N4. The van der Waals surface area contributed by atoms with Gasteiger partial charge in [-0.2, -0.15) is 5.26 Å². The zero-order chi connectivity index (χ0) is 40.5. The summed E-state index contributed by atoms with van der Waals surface area (Å²) in [6.45, 7) is 0. The van der Waals surface area contributed by atoms with Crippen LogP contribution < -0.4 is 0 Å². The molecular weight excluding hydrogens is 741 g/mol. The zero-order valence-electron chi connectivity index (χ0n) is 32.9. The largest absolute Gasteiger partial charge is 0.208 e. The van der Waals surface area contributed by atoms with Crippen molar-refractivity contribution in [3.63, 3.8) is 0 Å². The first kappa shape index (κ1) is 34.8. The molecule has 0 saturated carbocycles. The summed E-state index contributed by atoms with van der Waals surface area (Å²) in [5, 5.41) is 12.0. The van der Waals surface area contributed by atoms with Crippen LogP contribution in [0.5, 0.6) is 0 Å². The van der Waals surface area contributed by atoms with Gasteiger partial charge in [0, 0.05) is 16.7 Å². The summed E-state index contributed by atoms with van der Waals surface area (Å²) in [5.41, 5.74) is 17.6. The van der Waals surface area contributed by atoms with E-state index in [4.69, 9.17) is 15.0 Å². The van der Waals surface area contributed by atoms with Crippen LogP contribution in [0.25, 0.3) is 89.4 Å². The quantitative estimate of drug-likeness (QED) is 0.175. The minimum atomic E-state index is -0.550. The molecule has 0 radical (unpaired) electrons. The molecule has 0 aliphatic heterocycles. The van der Waals surface area contributed by atoms with E-state index < -0.39 is 5.41 Å². The molecule has 0 fully saturated rings. The standard InChI is InChI=1S/C57H34N4/c58-35-36-22-24-37(25-23-36)42-30-31-46-48-33-32-43(38-26-28-41(29-27-38)56-60-54(39-12-3-1-4-13-39)59-55(61-56)40-14-5-2-6-15-40)47-18-11-21-51(53(47)48)57(52(46)34-42)49-19-9-7-16-44(49)45-17-8-10-20-50(45)57/h1-34H. The predicted molar refractivity (Wildman–Crippen MR) is 246 cm³/mol. The second kappa shape index (κ2) is 13.7. The third kappa shape index (κ3) is 5.28. The molecule has 12 rings (SSSR count). The van der Waals surface area contributed by atoms with E-state index in [0.29, 0.717) is 23.0 Å². The van der Waals surface area contributed by atoms with E-state index in [1.54, 1.807) is 0 Å². The number of hydrogen-bond acceptors (Lipinski definition) is 4. The van der Waals surface area contributed by atoms with Crippen LogP contribution in [-0.2, 0) is 5.41 Å². The van der Waals surface area contributed by atoms with Crippen LogP contribution in [0.2, 0.25) is 0 Å². The Balaban J connectivity index is 1.05. The summed E-state index contributed by atoms with van der Waals surface area (Å²) < 4.78 is 0. The maximum absolute atomic E-state index is 9.53. The van der Waals surface area contributed by atoms with Gasteiger partial charge in [-0.3, -0.25) is 0 Å². The van der Waals surface area contributed by atoms with Crippen molar-refractivity contribution >= 4 is 10.8 Å². The Kier molecular flexibility index (Phi) is 7.78. The maximum Gasteiger partial charge on any atom is 0.164 e. The molecule has 0 saturated heterocycles. The van der Waals surface area contributed by atoms with Crippen molar-refractivity contribution in [2.75, 3.05) is 0 Å². The lowest BCUT2D eigenvalue weighted by Crippen LogP contribution is -2.32. The molecule has 0 amide bonds. The molecule has 282 valence electrons. The van der Waals surface area contributed by atoms with Crippen LogP contribution in [0.1, 0.15) is 27.8 Å². The first-order valence-corrected chi connectivity index (χ1v) is 20.6. The third-order valence-electron chi connectivity index (χ3n) is 12.6. The fourth-order valence-electron chi connectivity index (χ4n) is 9.90. The van der Waals surface area contributed by atoms with Crippen molar-refractivity contribution in [3.8, 4) is 84.7 Å². The topological polar surface area (TPSA) is 62.5 Å². The minimum Gasteiger partial charge on any atom is -0.208 e. The van der Waals surface area contributed by atoms with Crippen molar-refractivity contribution < 1.29 is 0 Å². The van der Waals surface area contributed by atoms with E-state index in [9.17, 15) is 5.26 Å². The van der Waals surface area contributed by atoms with E-state index in [1.165, 1.54) is 60.8 Å². The lowest BCUT2D eigenvalue weighted by atomic mass is 9.61.